The van der Waals surface area contributed by atoms with E-state index in [2.05, 4.69) is 71.7 Å². The summed E-state index contributed by atoms with van der Waals surface area (Å²) >= 11 is 0. The maximum absolute atomic E-state index is 11.5. The number of hydrogen-bond donors (Lipinski definition) is 4. The van der Waals surface area contributed by atoms with Gasteiger partial charge in [0.05, 0.1) is 25.0 Å². The summed E-state index contributed by atoms with van der Waals surface area (Å²) in [4.78, 5) is 0. The zero-order chi connectivity index (χ0) is 32.3. The number of phenolic OH excluding ortho intramolecular Hbond substituents is 1. The van der Waals surface area contributed by atoms with Crippen molar-refractivity contribution in [2.24, 2.45) is 11.7 Å². The van der Waals surface area contributed by atoms with Crippen LogP contribution in [0.3, 0.4) is 0 Å². The van der Waals surface area contributed by atoms with Crippen LogP contribution in [0, 0.1) is 5.92 Å². The fraction of sp³-hybridized carbons (Fsp3) is 0.400. The Bertz CT molecular complexity index is 1780. The van der Waals surface area contributed by atoms with Crippen molar-refractivity contribution < 1.29 is 19.7 Å². The van der Waals surface area contributed by atoms with Crippen LogP contribution >= 0.6 is 0 Å². The van der Waals surface area contributed by atoms with E-state index >= 15 is 0 Å². The predicted octanol–water partition coefficient (Wildman–Crippen LogP) is 6.96. The third kappa shape index (κ3) is 6.98. The van der Waals surface area contributed by atoms with E-state index in [1.54, 1.807) is 6.07 Å². The van der Waals surface area contributed by atoms with E-state index in [1.807, 2.05) is 18.2 Å². The summed E-state index contributed by atoms with van der Waals surface area (Å²) in [7, 11) is 0. The molecule has 0 radical (unpaired) electrons. The van der Waals surface area contributed by atoms with Gasteiger partial charge >= 0.3 is 0 Å². The number of fused-ring (bicyclic) bond motifs is 6. The fourth-order valence-corrected chi connectivity index (χ4v) is 7.57. The molecule has 8 rings (SSSR count). The average molecular weight is 634 g/mol. The summed E-state index contributed by atoms with van der Waals surface area (Å²) in [6.45, 7) is 2.96. The van der Waals surface area contributed by atoms with Gasteiger partial charge in [0.15, 0.2) is 11.5 Å². The number of unbranched alkanes of at least 4 members (excludes halogenated alkanes) is 2. The Labute approximate surface area is 277 Å². The van der Waals surface area contributed by atoms with Gasteiger partial charge in [0, 0.05) is 34.3 Å². The molecule has 0 fully saturated rings. The second-order valence-electron chi connectivity index (χ2n) is 13.6. The van der Waals surface area contributed by atoms with Crippen molar-refractivity contribution in [3.8, 4) is 11.5 Å². The lowest BCUT2D eigenvalue weighted by Gasteiger charge is -2.32. The minimum atomic E-state index is -0.471. The number of aromatic nitrogens is 1. The van der Waals surface area contributed by atoms with Crippen LogP contribution in [0.25, 0.3) is 16.6 Å². The van der Waals surface area contributed by atoms with E-state index in [0.717, 1.165) is 90.2 Å². The van der Waals surface area contributed by atoms with Crippen LogP contribution in [0.2, 0.25) is 0 Å². The van der Waals surface area contributed by atoms with E-state index in [9.17, 15) is 10.2 Å². The highest BCUT2D eigenvalue weighted by Gasteiger charge is 2.30. The molecule has 6 bridgehead atoms. The first kappa shape index (κ1) is 31.6. The van der Waals surface area contributed by atoms with Gasteiger partial charge in [-0.25, -0.2) is 0 Å². The Morgan fingerprint density at radius 1 is 1.00 bits per heavy atom. The highest BCUT2D eigenvalue weighted by Crippen LogP contribution is 2.41. The molecule has 4 aromatic rings. The summed E-state index contributed by atoms with van der Waals surface area (Å²) in [6.07, 6.45) is 15.5. The van der Waals surface area contributed by atoms with Gasteiger partial charge in [0.1, 0.15) is 12.4 Å². The van der Waals surface area contributed by atoms with Crippen molar-refractivity contribution in [2.45, 2.75) is 89.7 Å². The fourth-order valence-electron chi connectivity index (χ4n) is 7.57. The Hall–Kier alpha value is -4.04. The number of rotatable bonds is 6. The standard InChI is InChI=1S/C40H47N3O4/c1-2-3-5-10-33-21-37(45)29-11-14-34-28(20-29)12-15-36(44)39(34)47-25-32-19-27(17-26-8-6-4-7-9-26)18-31-22-43(23-35(31)32)40-30(24-46-33)13-16-38(41)42-40/h4,6-9,12-13,15-16,18-19,22-23,29,33,37-38,42,44-45H,2-3,5,10-11,14,17,20-21,24-25,41H2,1H3. The number of nitrogens with one attached hydrogen (secondary N) is 1. The Balaban J connectivity index is 1.33. The van der Waals surface area contributed by atoms with Gasteiger partial charge in [0.25, 0.3) is 0 Å². The van der Waals surface area contributed by atoms with E-state index in [1.165, 1.54) is 11.1 Å². The molecule has 1 aliphatic carbocycles. The lowest BCUT2D eigenvalue weighted by Crippen LogP contribution is -2.39. The van der Waals surface area contributed by atoms with Gasteiger partial charge in [-0.3, -0.25) is 0 Å². The van der Waals surface area contributed by atoms with Crippen LogP contribution in [-0.4, -0.2) is 39.8 Å². The SMILES string of the molecule is CCCCCC1CC(O)C2CCc3c(ccc(O)c3OCc3cc(Cc4ccccc4)cc4cn(cc34)C3=C(C=CC(N)N3)CO1)C2. The summed E-state index contributed by atoms with van der Waals surface area (Å²) in [5, 5.41) is 28.2. The predicted molar refractivity (Wildman–Crippen MR) is 187 cm³/mol. The Morgan fingerprint density at radius 2 is 1.87 bits per heavy atom. The van der Waals surface area contributed by atoms with Crippen molar-refractivity contribution in [1.82, 2.24) is 9.88 Å². The number of hydrogen-bond acceptors (Lipinski definition) is 6. The first-order chi connectivity index (χ1) is 22.9. The number of nitrogens with two attached hydrogens (primary N) is 1. The smallest absolute Gasteiger partial charge is 0.164 e. The summed E-state index contributed by atoms with van der Waals surface area (Å²) < 4.78 is 15.3. The van der Waals surface area contributed by atoms with Crippen LogP contribution in [0.4, 0.5) is 0 Å². The number of aliphatic hydroxyl groups is 1. The molecule has 0 spiro atoms. The molecule has 0 saturated carbocycles. The lowest BCUT2D eigenvalue weighted by molar-refractivity contribution is -0.00190. The average Bonchev–Trinajstić information content (AvgIpc) is 3.51. The highest BCUT2D eigenvalue weighted by atomic mass is 16.5. The number of benzene rings is 3. The second-order valence-corrected chi connectivity index (χ2v) is 13.6. The molecule has 1 aromatic heterocycles. The zero-order valence-electron chi connectivity index (χ0n) is 27.3. The van der Waals surface area contributed by atoms with Gasteiger partial charge < -0.3 is 35.3 Å². The number of ether oxygens (including phenoxy) is 2. The second kappa shape index (κ2) is 14.0. The molecule has 4 aliphatic rings. The largest absolute Gasteiger partial charge is 0.504 e. The van der Waals surface area contributed by atoms with Crippen molar-refractivity contribution >= 4 is 16.6 Å². The zero-order valence-corrected chi connectivity index (χ0v) is 27.3. The van der Waals surface area contributed by atoms with Crippen LogP contribution < -0.4 is 15.8 Å². The molecule has 3 aliphatic heterocycles. The quantitative estimate of drug-likeness (QED) is 0.171. The summed E-state index contributed by atoms with van der Waals surface area (Å²) in [5.74, 6) is 1.75. The minimum absolute atomic E-state index is 0.0517. The first-order valence-corrected chi connectivity index (χ1v) is 17.3. The van der Waals surface area contributed by atoms with Crippen LogP contribution in [0.5, 0.6) is 11.5 Å². The molecule has 4 atom stereocenters. The van der Waals surface area contributed by atoms with Crippen molar-refractivity contribution in [3.63, 3.8) is 0 Å². The monoisotopic (exact) mass is 633 g/mol. The van der Waals surface area contributed by atoms with Gasteiger partial charge in [-0.1, -0.05) is 74.7 Å². The van der Waals surface area contributed by atoms with Crippen LogP contribution in [0.1, 0.15) is 73.3 Å². The molecular weight excluding hydrogens is 586 g/mol. The number of aliphatic hydroxyl groups excluding tert-OH is 1. The van der Waals surface area contributed by atoms with Crippen molar-refractivity contribution in [1.29, 1.82) is 0 Å². The summed E-state index contributed by atoms with van der Waals surface area (Å²) in [5.41, 5.74) is 13.1. The summed E-state index contributed by atoms with van der Waals surface area (Å²) in [6, 6.07) is 18.7. The molecular formula is C40H47N3O4. The number of aromatic hydroxyl groups is 1. The van der Waals surface area contributed by atoms with Crippen molar-refractivity contribution in [3.05, 3.63) is 113 Å². The van der Waals surface area contributed by atoms with Crippen molar-refractivity contribution in [2.75, 3.05) is 6.61 Å². The van der Waals surface area contributed by atoms with Gasteiger partial charge in [-0.05, 0) is 84.9 Å². The molecule has 3 aromatic carbocycles. The Morgan fingerprint density at radius 3 is 2.72 bits per heavy atom. The molecule has 4 unspecified atom stereocenters. The third-order valence-corrected chi connectivity index (χ3v) is 10.1. The number of phenols is 1. The van der Waals surface area contributed by atoms with Gasteiger partial charge in [0.2, 0.25) is 0 Å². The molecule has 0 amide bonds. The van der Waals surface area contributed by atoms with E-state index in [0.29, 0.717) is 25.4 Å². The van der Waals surface area contributed by atoms with E-state index < -0.39 is 6.10 Å². The topological polar surface area (TPSA) is 102 Å². The van der Waals surface area contributed by atoms with E-state index in [-0.39, 0.29) is 23.9 Å². The molecule has 5 N–H and O–H groups in total. The first-order valence-electron chi connectivity index (χ1n) is 17.3. The number of nitrogens with zero attached hydrogens (tertiary/aromatic N) is 1. The van der Waals surface area contributed by atoms with Gasteiger partial charge in [-0.15, -0.1) is 0 Å². The molecule has 47 heavy (non-hydrogen) atoms. The maximum Gasteiger partial charge on any atom is 0.164 e. The maximum atomic E-state index is 11.5. The molecule has 0 saturated heterocycles. The number of dihydropyridines is 1. The third-order valence-electron chi connectivity index (χ3n) is 10.1. The molecule has 4 heterocycles. The van der Waals surface area contributed by atoms with Crippen LogP contribution in [-0.2, 0) is 30.6 Å². The lowest BCUT2D eigenvalue weighted by atomic mass is 9.79. The minimum Gasteiger partial charge on any atom is -0.504 e. The van der Waals surface area contributed by atoms with E-state index in [4.69, 9.17) is 15.2 Å². The highest BCUT2D eigenvalue weighted by molar-refractivity contribution is 5.88. The van der Waals surface area contributed by atoms with Gasteiger partial charge in [-0.2, -0.15) is 0 Å². The van der Waals surface area contributed by atoms with Crippen LogP contribution in [0.15, 0.2) is 84.7 Å². The normalized spacial score (nSPS) is 22.9. The molecule has 246 valence electrons. The Kier molecular flexibility index (Phi) is 9.39. The molecule has 7 heteroatoms. The molecule has 7 nitrogen and oxygen atoms in total.